The van der Waals surface area contributed by atoms with Crippen LogP contribution in [-0.2, 0) is 11.3 Å². The molecule has 0 aliphatic heterocycles. The summed E-state index contributed by atoms with van der Waals surface area (Å²) in [5.41, 5.74) is 0. The monoisotopic (exact) mass is 303 g/mol. The number of thioether (sulfide) groups is 1. The highest BCUT2D eigenvalue weighted by molar-refractivity contribution is 7.98. The summed E-state index contributed by atoms with van der Waals surface area (Å²) in [5, 5.41) is 0.462. The fraction of sp³-hybridized carbons (Fsp3) is 0.692. The minimum absolute atomic E-state index is 0.400. The lowest BCUT2D eigenvalue weighted by Gasteiger charge is -2.26. The lowest BCUT2D eigenvalue weighted by Crippen LogP contribution is -2.30. The zero-order chi connectivity index (χ0) is 14.3. The molecule has 1 aromatic rings. The number of hydrogen-bond acceptors (Lipinski definition) is 5. The molecule has 0 aliphatic rings. The molecule has 0 aliphatic carbocycles. The van der Waals surface area contributed by atoms with Crippen LogP contribution >= 0.6 is 23.4 Å². The molecule has 0 fully saturated rings. The minimum atomic E-state index is 0.400. The zero-order valence-electron chi connectivity index (χ0n) is 12.0. The number of aromatic nitrogens is 2. The van der Waals surface area contributed by atoms with Crippen LogP contribution in [0.4, 0.5) is 5.82 Å². The topological polar surface area (TPSA) is 38.2 Å². The summed E-state index contributed by atoms with van der Waals surface area (Å²) in [4.78, 5) is 10.8. The molecule has 1 rings (SSSR count). The molecule has 0 amide bonds. The van der Waals surface area contributed by atoms with Gasteiger partial charge in [-0.3, -0.25) is 0 Å². The normalized spacial score (nSPS) is 12.5. The first-order valence-electron chi connectivity index (χ1n) is 6.41. The predicted molar refractivity (Wildman–Crippen MR) is 83.2 cm³/mol. The van der Waals surface area contributed by atoms with Gasteiger partial charge in [0, 0.05) is 25.8 Å². The quantitative estimate of drug-likeness (QED) is 0.689. The van der Waals surface area contributed by atoms with E-state index in [1.807, 2.05) is 25.7 Å². The molecule has 0 N–H and O–H groups in total. The van der Waals surface area contributed by atoms with E-state index < -0.39 is 0 Å². The Morgan fingerprint density at radius 2 is 2.21 bits per heavy atom. The van der Waals surface area contributed by atoms with Gasteiger partial charge >= 0.3 is 0 Å². The van der Waals surface area contributed by atoms with Crippen molar-refractivity contribution in [2.45, 2.75) is 32.9 Å². The van der Waals surface area contributed by atoms with Crippen molar-refractivity contribution in [2.24, 2.45) is 0 Å². The summed E-state index contributed by atoms with van der Waals surface area (Å²) in [6.45, 7) is 5.18. The molecule has 1 atom stereocenters. The average Bonchev–Trinajstić information content (AvgIpc) is 2.41. The highest BCUT2D eigenvalue weighted by Crippen LogP contribution is 2.19. The maximum absolute atomic E-state index is 6.04. The molecule has 0 spiro atoms. The number of nitrogens with zero attached hydrogens (tertiary/aromatic N) is 3. The first-order chi connectivity index (χ1) is 9.08. The van der Waals surface area contributed by atoms with Crippen molar-refractivity contribution in [3.63, 3.8) is 0 Å². The molecule has 0 bridgehead atoms. The van der Waals surface area contributed by atoms with Crippen molar-refractivity contribution in [2.75, 3.05) is 30.6 Å². The summed E-state index contributed by atoms with van der Waals surface area (Å²) in [6.07, 6.45) is 3.23. The van der Waals surface area contributed by atoms with E-state index >= 15 is 0 Å². The fourth-order valence-corrected chi connectivity index (χ4v) is 2.37. The highest BCUT2D eigenvalue weighted by atomic mass is 35.5. The summed E-state index contributed by atoms with van der Waals surface area (Å²) in [5.74, 6) is 2.62. The molecular weight excluding hydrogens is 282 g/mol. The Balaban J connectivity index is 2.77. The van der Waals surface area contributed by atoms with Gasteiger partial charge < -0.3 is 9.64 Å². The maximum atomic E-state index is 6.04. The molecule has 19 heavy (non-hydrogen) atoms. The van der Waals surface area contributed by atoms with Crippen molar-refractivity contribution in [1.82, 2.24) is 9.97 Å². The SMILES string of the molecule is CCOCc1nc(Cl)cc(N(C)C(C)CCSC)n1. The Morgan fingerprint density at radius 1 is 1.47 bits per heavy atom. The van der Waals surface area contributed by atoms with Gasteiger partial charge in [-0.15, -0.1) is 0 Å². The molecular formula is C13H22ClN3OS. The molecule has 0 saturated carbocycles. The smallest absolute Gasteiger partial charge is 0.158 e. The van der Waals surface area contributed by atoms with Crippen LogP contribution in [0.25, 0.3) is 0 Å². The zero-order valence-corrected chi connectivity index (χ0v) is 13.6. The fourth-order valence-electron chi connectivity index (χ4n) is 1.60. The van der Waals surface area contributed by atoms with Gasteiger partial charge in [-0.2, -0.15) is 11.8 Å². The van der Waals surface area contributed by atoms with Gasteiger partial charge in [0.1, 0.15) is 17.6 Å². The Hall–Kier alpha value is -0.520. The largest absolute Gasteiger partial charge is 0.374 e. The van der Waals surface area contributed by atoms with E-state index in [1.165, 1.54) is 0 Å². The number of hydrogen-bond donors (Lipinski definition) is 0. The van der Waals surface area contributed by atoms with E-state index in [0.29, 0.717) is 30.2 Å². The van der Waals surface area contributed by atoms with Crippen LogP contribution in [0, 0.1) is 0 Å². The number of halogens is 1. The van der Waals surface area contributed by atoms with E-state index in [2.05, 4.69) is 28.0 Å². The lowest BCUT2D eigenvalue weighted by atomic mass is 10.2. The lowest BCUT2D eigenvalue weighted by molar-refractivity contribution is 0.128. The van der Waals surface area contributed by atoms with Crippen LogP contribution in [0.1, 0.15) is 26.1 Å². The molecule has 1 unspecified atom stereocenters. The molecule has 0 radical (unpaired) electrons. The van der Waals surface area contributed by atoms with Gasteiger partial charge in [0.15, 0.2) is 5.82 Å². The van der Waals surface area contributed by atoms with Crippen LogP contribution in [0.3, 0.4) is 0 Å². The van der Waals surface area contributed by atoms with Gasteiger partial charge in [0.25, 0.3) is 0 Å². The van der Waals surface area contributed by atoms with E-state index in [-0.39, 0.29) is 0 Å². The van der Waals surface area contributed by atoms with Crippen LogP contribution in [0.2, 0.25) is 5.15 Å². The van der Waals surface area contributed by atoms with Crippen LogP contribution in [-0.4, -0.2) is 41.7 Å². The second kappa shape index (κ2) is 8.61. The van der Waals surface area contributed by atoms with Gasteiger partial charge in [-0.1, -0.05) is 11.6 Å². The minimum Gasteiger partial charge on any atom is -0.374 e. The van der Waals surface area contributed by atoms with Gasteiger partial charge in [0.05, 0.1) is 0 Å². The maximum Gasteiger partial charge on any atom is 0.158 e. The van der Waals surface area contributed by atoms with E-state index in [4.69, 9.17) is 16.3 Å². The third-order valence-electron chi connectivity index (χ3n) is 2.93. The molecule has 4 nitrogen and oxygen atoms in total. The highest BCUT2D eigenvalue weighted by Gasteiger charge is 2.13. The average molecular weight is 304 g/mol. The van der Waals surface area contributed by atoms with Gasteiger partial charge in [-0.25, -0.2) is 9.97 Å². The predicted octanol–water partition coefficient (Wildman–Crippen LogP) is 3.24. The first-order valence-corrected chi connectivity index (χ1v) is 8.18. The number of rotatable bonds is 8. The second-order valence-electron chi connectivity index (χ2n) is 4.34. The molecule has 6 heteroatoms. The van der Waals surface area contributed by atoms with Crippen molar-refractivity contribution in [3.8, 4) is 0 Å². The summed E-state index contributed by atoms with van der Waals surface area (Å²) < 4.78 is 5.33. The molecule has 0 aromatic carbocycles. The molecule has 1 aromatic heterocycles. The number of anilines is 1. The third kappa shape index (κ3) is 5.55. The summed E-state index contributed by atoms with van der Waals surface area (Å²) >= 11 is 7.90. The van der Waals surface area contributed by atoms with Crippen LogP contribution in [0.15, 0.2) is 6.07 Å². The first kappa shape index (κ1) is 16.5. The molecule has 108 valence electrons. The summed E-state index contributed by atoms with van der Waals surface area (Å²) in [7, 11) is 2.04. The van der Waals surface area contributed by atoms with Crippen LogP contribution < -0.4 is 4.90 Å². The van der Waals surface area contributed by atoms with Gasteiger partial charge in [0.2, 0.25) is 0 Å². The number of ether oxygens (including phenoxy) is 1. The van der Waals surface area contributed by atoms with Crippen molar-refractivity contribution in [3.05, 3.63) is 17.0 Å². The Morgan fingerprint density at radius 3 is 2.84 bits per heavy atom. The van der Waals surface area contributed by atoms with E-state index in [1.54, 1.807) is 6.07 Å². The van der Waals surface area contributed by atoms with E-state index in [0.717, 1.165) is 18.0 Å². The third-order valence-corrected chi connectivity index (χ3v) is 3.76. The van der Waals surface area contributed by atoms with Crippen molar-refractivity contribution in [1.29, 1.82) is 0 Å². The van der Waals surface area contributed by atoms with Crippen molar-refractivity contribution < 1.29 is 4.74 Å². The molecule has 1 heterocycles. The Kier molecular flexibility index (Phi) is 7.49. The van der Waals surface area contributed by atoms with Gasteiger partial charge in [-0.05, 0) is 32.3 Å². The second-order valence-corrected chi connectivity index (χ2v) is 5.72. The standard InChI is InChI=1S/C13H22ClN3OS/c1-5-18-9-12-15-11(14)8-13(16-12)17(3)10(2)6-7-19-4/h8,10H,5-7,9H2,1-4H3. The molecule has 0 saturated heterocycles. The Bertz CT molecular complexity index is 392. The van der Waals surface area contributed by atoms with Crippen LogP contribution in [0.5, 0.6) is 0 Å². The Labute approximate surface area is 124 Å². The summed E-state index contributed by atoms with van der Waals surface area (Å²) in [6, 6.07) is 2.21. The van der Waals surface area contributed by atoms with E-state index in [9.17, 15) is 0 Å². The van der Waals surface area contributed by atoms with Crippen molar-refractivity contribution >= 4 is 29.2 Å².